The van der Waals surface area contributed by atoms with Crippen LogP contribution in [-0.2, 0) is 16.6 Å². The summed E-state index contributed by atoms with van der Waals surface area (Å²) in [7, 11) is -1.80. The number of nitrogens with one attached hydrogen (secondary N) is 1. The summed E-state index contributed by atoms with van der Waals surface area (Å²) in [5.74, 6) is -0.237. The molecule has 2 rings (SSSR count). The van der Waals surface area contributed by atoms with Crippen molar-refractivity contribution < 1.29 is 13.2 Å². The second-order valence-corrected chi connectivity index (χ2v) is 8.33. The Bertz CT molecular complexity index is 871. The SMILES string of the molecule is CN(Cc1ccccc1Br)C(=O)c1ccc(Cl)c(NS(C)(=O)=O)c1. The van der Waals surface area contributed by atoms with Crippen LogP contribution in [0, 0.1) is 0 Å². The molecule has 0 fully saturated rings. The maximum atomic E-state index is 12.6. The molecule has 0 bridgehead atoms. The Morgan fingerprint density at radius 3 is 2.54 bits per heavy atom. The molecule has 0 atom stereocenters. The van der Waals surface area contributed by atoms with Gasteiger partial charge in [-0.15, -0.1) is 0 Å². The molecule has 0 aromatic heterocycles. The maximum Gasteiger partial charge on any atom is 0.253 e. The quantitative estimate of drug-likeness (QED) is 0.784. The van der Waals surface area contributed by atoms with Gasteiger partial charge in [0.2, 0.25) is 10.0 Å². The van der Waals surface area contributed by atoms with E-state index in [0.717, 1.165) is 16.3 Å². The molecule has 0 spiro atoms. The van der Waals surface area contributed by atoms with Crippen LogP contribution in [0.25, 0.3) is 0 Å². The molecule has 2 aromatic rings. The van der Waals surface area contributed by atoms with Crippen molar-refractivity contribution in [3.63, 3.8) is 0 Å². The molecule has 0 aliphatic rings. The van der Waals surface area contributed by atoms with E-state index in [1.807, 2.05) is 24.3 Å². The van der Waals surface area contributed by atoms with Crippen molar-refractivity contribution in [2.24, 2.45) is 0 Å². The smallest absolute Gasteiger partial charge is 0.253 e. The fraction of sp³-hybridized carbons (Fsp3) is 0.188. The zero-order valence-electron chi connectivity index (χ0n) is 13.1. The van der Waals surface area contributed by atoms with E-state index in [-0.39, 0.29) is 16.6 Å². The molecule has 8 heteroatoms. The van der Waals surface area contributed by atoms with E-state index in [0.29, 0.717) is 12.1 Å². The number of hydrogen-bond acceptors (Lipinski definition) is 3. The van der Waals surface area contributed by atoms with Crippen LogP contribution in [0.15, 0.2) is 46.9 Å². The summed E-state index contributed by atoms with van der Waals surface area (Å²) in [5, 5.41) is 0.227. The van der Waals surface area contributed by atoms with Crippen molar-refractivity contribution in [3.8, 4) is 0 Å². The molecule has 0 radical (unpaired) electrons. The molecule has 1 N–H and O–H groups in total. The summed E-state index contributed by atoms with van der Waals surface area (Å²) >= 11 is 9.43. The van der Waals surface area contributed by atoms with Crippen molar-refractivity contribution in [2.75, 3.05) is 18.0 Å². The van der Waals surface area contributed by atoms with Crippen molar-refractivity contribution in [1.29, 1.82) is 0 Å². The second kappa shape index (κ2) is 7.55. The molecular formula is C16H16BrClN2O3S. The molecule has 5 nitrogen and oxygen atoms in total. The van der Waals surface area contributed by atoms with E-state index in [4.69, 9.17) is 11.6 Å². The third-order valence-electron chi connectivity index (χ3n) is 3.22. The third kappa shape index (κ3) is 4.96. The molecule has 0 saturated heterocycles. The van der Waals surface area contributed by atoms with Crippen LogP contribution >= 0.6 is 27.5 Å². The Hall–Kier alpha value is -1.57. The third-order valence-corrected chi connectivity index (χ3v) is 4.91. The monoisotopic (exact) mass is 430 g/mol. The summed E-state index contributed by atoms with van der Waals surface area (Å²) in [6, 6.07) is 12.1. The predicted molar refractivity (Wildman–Crippen MR) is 99.9 cm³/mol. The number of anilines is 1. The van der Waals surface area contributed by atoms with Crippen molar-refractivity contribution in [1.82, 2.24) is 4.90 Å². The fourth-order valence-corrected chi connectivity index (χ4v) is 3.31. The first-order valence-corrected chi connectivity index (χ1v) is 10.00. The van der Waals surface area contributed by atoms with Gasteiger partial charge in [0.05, 0.1) is 17.0 Å². The van der Waals surface area contributed by atoms with Crippen LogP contribution in [-0.4, -0.2) is 32.5 Å². The van der Waals surface area contributed by atoms with Gasteiger partial charge in [-0.05, 0) is 29.8 Å². The van der Waals surface area contributed by atoms with Crippen LogP contribution in [0.2, 0.25) is 5.02 Å². The Labute approximate surface area is 154 Å². The number of rotatable bonds is 5. The highest BCUT2D eigenvalue weighted by Crippen LogP contribution is 2.25. The van der Waals surface area contributed by atoms with Gasteiger partial charge in [0.1, 0.15) is 0 Å². The van der Waals surface area contributed by atoms with Gasteiger partial charge >= 0.3 is 0 Å². The Morgan fingerprint density at radius 1 is 1.25 bits per heavy atom. The number of hydrogen-bond donors (Lipinski definition) is 1. The largest absolute Gasteiger partial charge is 0.337 e. The molecule has 0 aliphatic carbocycles. The number of amides is 1. The molecule has 0 aliphatic heterocycles. The van der Waals surface area contributed by atoms with Gasteiger partial charge in [0.25, 0.3) is 5.91 Å². The first-order chi connectivity index (χ1) is 11.2. The van der Waals surface area contributed by atoms with Gasteiger partial charge in [-0.1, -0.05) is 45.7 Å². The van der Waals surface area contributed by atoms with Crippen molar-refractivity contribution in [2.45, 2.75) is 6.54 Å². The minimum atomic E-state index is -3.48. The van der Waals surface area contributed by atoms with Crippen molar-refractivity contribution >= 4 is 49.1 Å². The van der Waals surface area contributed by atoms with Crippen LogP contribution in [0.4, 0.5) is 5.69 Å². The zero-order chi connectivity index (χ0) is 17.9. The van der Waals surface area contributed by atoms with Crippen LogP contribution in [0.5, 0.6) is 0 Å². The Morgan fingerprint density at radius 2 is 1.92 bits per heavy atom. The van der Waals surface area contributed by atoms with Gasteiger partial charge in [0.15, 0.2) is 0 Å². The number of nitrogens with zero attached hydrogens (tertiary/aromatic N) is 1. The topological polar surface area (TPSA) is 66.5 Å². The lowest BCUT2D eigenvalue weighted by Crippen LogP contribution is -2.26. The first-order valence-electron chi connectivity index (χ1n) is 6.93. The van der Waals surface area contributed by atoms with Gasteiger partial charge in [0, 0.05) is 23.6 Å². The number of carbonyl (C=O) groups excluding carboxylic acids is 1. The van der Waals surface area contributed by atoms with Gasteiger partial charge < -0.3 is 4.90 Å². The number of sulfonamides is 1. The second-order valence-electron chi connectivity index (χ2n) is 5.32. The average Bonchev–Trinajstić information content (AvgIpc) is 2.49. The van der Waals surface area contributed by atoms with Gasteiger partial charge in [-0.25, -0.2) is 8.42 Å². The Balaban J connectivity index is 2.23. The predicted octanol–water partition coefficient (Wildman–Crippen LogP) is 3.75. The molecule has 1 amide bonds. The molecule has 0 heterocycles. The number of halogens is 2. The van der Waals surface area contributed by atoms with Crippen molar-refractivity contribution in [3.05, 3.63) is 63.1 Å². The van der Waals surface area contributed by atoms with E-state index >= 15 is 0 Å². The lowest BCUT2D eigenvalue weighted by molar-refractivity contribution is 0.0785. The summed E-state index contributed by atoms with van der Waals surface area (Å²) in [6.45, 7) is 0.414. The normalized spacial score (nSPS) is 11.2. The molecule has 2 aromatic carbocycles. The van der Waals surface area contributed by atoms with Gasteiger partial charge in [-0.3, -0.25) is 9.52 Å². The summed E-state index contributed by atoms with van der Waals surface area (Å²) < 4.78 is 26.0. The lowest BCUT2D eigenvalue weighted by Gasteiger charge is -2.19. The van der Waals surface area contributed by atoms with Gasteiger partial charge in [-0.2, -0.15) is 0 Å². The number of benzene rings is 2. The minimum absolute atomic E-state index is 0.180. The highest BCUT2D eigenvalue weighted by atomic mass is 79.9. The summed E-state index contributed by atoms with van der Waals surface area (Å²) in [6.07, 6.45) is 1.02. The van der Waals surface area contributed by atoms with E-state index in [9.17, 15) is 13.2 Å². The molecule has 24 heavy (non-hydrogen) atoms. The fourth-order valence-electron chi connectivity index (χ4n) is 2.11. The van der Waals surface area contributed by atoms with E-state index in [2.05, 4.69) is 20.7 Å². The standard InChI is InChI=1S/C16H16BrClN2O3S/c1-20(10-12-5-3-4-6-13(12)17)16(21)11-7-8-14(18)15(9-11)19-24(2,22)23/h3-9,19H,10H2,1-2H3. The van der Waals surface area contributed by atoms with E-state index in [1.54, 1.807) is 18.0 Å². The molecule has 128 valence electrons. The highest BCUT2D eigenvalue weighted by Gasteiger charge is 2.16. The average molecular weight is 432 g/mol. The van der Waals surface area contributed by atoms with Crippen LogP contribution < -0.4 is 4.72 Å². The minimum Gasteiger partial charge on any atom is -0.337 e. The van der Waals surface area contributed by atoms with E-state index < -0.39 is 10.0 Å². The summed E-state index contributed by atoms with van der Waals surface area (Å²) in [5.41, 5.74) is 1.50. The molecular weight excluding hydrogens is 416 g/mol. The highest BCUT2D eigenvalue weighted by molar-refractivity contribution is 9.10. The summed E-state index contributed by atoms with van der Waals surface area (Å²) in [4.78, 5) is 14.1. The maximum absolute atomic E-state index is 12.6. The van der Waals surface area contributed by atoms with E-state index in [1.165, 1.54) is 12.1 Å². The first kappa shape index (κ1) is 18.8. The van der Waals surface area contributed by atoms with Crippen LogP contribution in [0.1, 0.15) is 15.9 Å². The van der Waals surface area contributed by atoms with Crippen LogP contribution in [0.3, 0.4) is 0 Å². The lowest BCUT2D eigenvalue weighted by atomic mass is 10.1. The zero-order valence-corrected chi connectivity index (χ0v) is 16.2. The number of carbonyl (C=O) groups is 1. The molecule has 0 saturated carbocycles. The molecule has 0 unspecified atom stereocenters. The Kier molecular flexibility index (Phi) is 5.90.